The van der Waals surface area contributed by atoms with Gasteiger partial charge in [-0.1, -0.05) is 30.3 Å². The molecule has 8 nitrogen and oxygen atoms in total. The number of hydrogen-bond donors (Lipinski definition) is 1. The lowest BCUT2D eigenvalue weighted by molar-refractivity contribution is -0.134. The van der Waals surface area contributed by atoms with E-state index in [0.717, 1.165) is 18.7 Å². The van der Waals surface area contributed by atoms with Gasteiger partial charge >= 0.3 is 6.09 Å². The number of nitrogens with zero attached hydrogens (tertiary/aromatic N) is 3. The van der Waals surface area contributed by atoms with Crippen LogP contribution in [0.5, 0.6) is 0 Å². The molecule has 0 bridgehead atoms. The first-order valence-electron chi connectivity index (χ1n) is 8.61. The van der Waals surface area contributed by atoms with Crippen molar-refractivity contribution in [2.24, 2.45) is 0 Å². The molecule has 0 unspecified atom stereocenters. The molecule has 0 atom stereocenters. The van der Waals surface area contributed by atoms with Crippen molar-refractivity contribution in [3.8, 4) is 0 Å². The number of likely N-dealkylation sites (N-methyl/N-ethyl adjacent to an activating group) is 2. The van der Waals surface area contributed by atoms with Gasteiger partial charge in [-0.25, -0.2) is 4.79 Å². The molecule has 1 aromatic rings. The van der Waals surface area contributed by atoms with Crippen molar-refractivity contribution in [1.29, 1.82) is 0 Å². The molecule has 0 saturated carbocycles. The highest BCUT2D eigenvalue weighted by molar-refractivity contribution is 5.83. The number of hydrogen-bond acceptors (Lipinski definition) is 5. The van der Waals surface area contributed by atoms with Gasteiger partial charge in [0.15, 0.2) is 0 Å². The molecule has 1 N–H and O–H groups in total. The van der Waals surface area contributed by atoms with E-state index in [1.165, 1.54) is 4.90 Å². The van der Waals surface area contributed by atoms with E-state index < -0.39 is 6.09 Å². The van der Waals surface area contributed by atoms with E-state index >= 15 is 0 Å². The number of piperazine rings is 2. The SMILES string of the molecule is CN1CCN(C(=O)OCc2ccccc2)CC1=O.CN1CCNCC1=O. The largest absolute Gasteiger partial charge is 0.445 e. The lowest BCUT2D eigenvalue weighted by Crippen LogP contribution is -2.50. The Labute approximate surface area is 153 Å². The summed E-state index contributed by atoms with van der Waals surface area (Å²) >= 11 is 0. The van der Waals surface area contributed by atoms with Gasteiger partial charge in [-0.05, 0) is 5.56 Å². The van der Waals surface area contributed by atoms with Crippen LogP contribution in [-0.2, 0) is 20.9 Å². The van der Waals surface area contributed by atoms with Gasteiger partial charge in [-0.2, -0.15) is 0 Å². The molecule has 0 aromatic heterocycles. The van der Waals surface area contributed by atoms with E-state index in [-0.39, 0.29) is 25.0 Å². The van der Waals surface area contributed by atoms with Crippen molar-refractivity contribution in [2.45, 2.75) is 6.61 Å². The predicted molar refractivity (Wildman–Crippen MR) is 96.3 cm³/mol. The van der Waals surface area contributed by atoms with Gasteiger partial charge in [0.1, 0.15) is 13.2 Å². The Morgan fingerprint density at radius 3 is 2.31 bits per heavy atom. The number of amides is 3. The summed E-state index contributed by atoms with van der Waals surface area (Å²) in [4.78, 5) is 38.7. The van der Waals surface area contributed by atoms with Crippen molar-refractivity contribution < 1.29 is 19.1 Å². The van der Waals surface area contributed by atoms with Gasteiger partial charge in [-0.15, -0.1) is 0 Å². The minimum atomic E-state index is -0.430. The molecule has 3 amide bonds. The van der Waals surface area contributed by atoms with E-state index in [1.807, 2.05) is 37.4 Å². The maximum Gasteiger partial charge on any atom is 0.410 e. The number of carbonyl (C=O) groups excluding carboxylic acids is 3. The Bertz CT molecular complexity index is 623. The van der Waals surface area contributed by atoms with Crippen LogP contribution in [0.2, 0.25) is 0 Å². The van der Waals surface area contributed by atoms with Crippen LogP contribution in [0.15, 0.2) is 30.3 Å². The zero-order valence-corrected chi connectivity index (χ0v) is 15.3. The second-order valence-electron chi connectivity index (χ2n) is 6.27. The first-order valence-corrected chi connectivity index (χ1v) is 8.61. The topological polar surface area (TPSA) is 82.2 Å². The number of rotatable bonds is 2. The van der Waals surface area contributed by atoms with Gasteiger partial charge < -0.3 is 19.9 Å². The Morgan fingerprint density at radius 1 is 1.04 bits per heavy atom. The molecule has 2 aliphatic heterocycles. The zero-order valence-electron chi connectivity index (χ0n) is 15.3. The summed E-state index contributed by atoms with van der Waals surface area (Å²) in [6, 6.07) is 9.47. The van der Waals surface area contributed by atoms with Crippen LogP contribution in [0, 0.1) is 0 Å². The molecular formula is C18H26N4O4. The van der Waals surface area contributed by atoms with Gasteiger partial charge in [-0.3, -0.25) is 14.5 Å². The Balaban J connectivity index is 0.000000254. The number of nitrogens with one attached hydrogen (secondary N) is 1. The van der Waals surface area contributed by atoms with Crippen LogP contribution in [0.25, 0.3) is 0 Å². The summed E-state index contributed by atoms with van der Waals surface area (Å²) < 4.78 is 5.17. The van der Waals surface area contributed by atoms with Crippen molar-refractivity contribution in [3.05, 3.63) is 35.9 Å². The summed E-state index contributed by atoms with van der Waals surface area (Å²) in [7, 11) is 3.55. The Hall–Kier alpha value is -2.61. The van der Waals surface area contributed by atoms with Crippen molar-refractivity contribution >= 4 is 17.9 Å². The smallest absolute Gasteiger partial charge is 0.410 e. The first kappa shape index (κ1) is 19.7. The molecule has 2 aliphatic rings. The van der Waals surface area contributed by atoms with Crippen molar-refractivity contribution in [3.63, 3.8) is 0 Å². The van der Waals surface area contributed by atoms with Crippen LogP contribution in [0.3, 0.4) is 0 Å². The van der Waals surface area contributed by atoms with E-state index in [2.05, 4.69) is 5.32 Å². The first-order chi connectivity index (χ1) is 12.5. The number of benzene rings is 1. The lowest BCUT2D eigenvalue weighted by Gasteiger charge is -2.31. The number of carbonyl (C=O) groups is 3. The number of ether oxygens (including phenoxy) is 1. The van der Waals surface area contributed by atoms with Crippen molar-refractivity contribution in [1.82, 2.24) is 20.0 Å². The minimum absolute atomic E-state index is 0.0575. The van der Waals surface area contributed by atoms with Crippen LogP contribution >= 0.6 is 0 Å². The zero-order chi connectivity index (χ0) is 18.9. The third kappa shape index (κ3) is 6.03. The Morgan fingerprint density at radius 2 is 1.73 bits per heavy atom. The monoisotopic (exact) mass is 362 g/mol. The fourth-order valence-corrected chi connectivity index (χ4v) is 2.43. The third-order valence-electron chi connectivity index (χ3n) is 4.25. The second-order valence-corrected chi connectivity index (χ2v) is 6.27. The molecule has 0 aliphatic carbocycles. The molecular weight excluding hydrogens is 336 g/mol. The molecule has 2 saturated heterocycles. The molecule has 3 rings (SSSR count). The highest BCUT2D eigenvalue weighted by Crippen LogP contribution is 2.06. The summed E-state index contributed by atoms with van der Waals surface area (Å²) in [5, 5.41) is 2.97. The molecule has 142 valence electrons. The lowest BCUT2D eigenvalue weighted by atomic mass is 10.2. The van der Waals surface area contributed by atoms with Gasteiger partial charge in [0, 0.05) is 40.3 Å². The van der Waals surface area contributed by atoms with Crippen LogP contribution in [0.1, 0.15) is 5.56 Å². The Kier molecular flexibility index (Phi) is 7.40. The normalized spacial score (nSPS) is 17.5. The molecule has 8 heteroatoms. The van der Waals surface area contributed by atoms with Gasteiger partial charge in [0.25, 0.3) is 0 Å². The summed E-state index contributed by atoms with van der Waals surface area (Å²) in [5.41, 5.74) is 0.936. The van der Waals surface area contributed by atoms with Crippen LogP contribution in [-0.4, -0.2) is 86.0 Å². The fraction of sp³-hybridized carbons (Fsp3) is 0.500. The van der Waals surface area contributed by atoms with Gasteiger partial charge in [0.2, 0.25) is 11.8 Å². The molecule has 1 aromatic carbocycles. The predicted octanol–water partition coefficient (Wildman–Crippen LogP) is 0.145. The highest BCUT2D eigenvalue weighted by atomic mass is 16.6. The summed E-state index contributed by atoms with van der Waals surface area (Å²) in [6.45, 7) is 3.71. The molecule has 0 radical (unpaired) electrons. The molecule has 2 fully saturated rings. The highest BCUT2D eigenvalue weighted by Gasteiger charge is 2.25. The maximum atomic E-state index is 11.8. The van der Waals surface area contributed by atoms with E-state index in [9.17, 15) is 14.4 Å². The quantitative estimate of drug-likeness (QED) is 0.810. The molecule has 0 spiro atoms. The van der Waals surface area contributed by atoms with E-state index in [4.69, 9.17) is 4.74 Å². The maximum absolute atomic E-state index is 11.8. The second kappa shape index (κ2) is 9.76. The fourth-order valence-electron chi connectivity index (χ4n) is 2.43. The van der Waals surface area contributed by atoms with Crippen LogP contribution < -0.4 is 5.32 Å². The van der Waals surface area contributed by atoms with E-state index in [0.29, 0.717) is 19.6 Å². The standard InChI is InChI=1S/C13H16N2O3.C5H10N2O/c1-14-7-8-15(9-12(14)16)13(17)18-10-11-5-3-2-4-6-11;1-7-3-2-6-4-5(7)8/h2-6H,7-10H2,1H3;6H,2-4H2,1H3. The minimum Gasteiger partial charge on any atom is -0.445 e. The molecule has 2 heterocycles. The summed E-state index contributed by atoms with van der Waals surface area (Å²) in [5.74, 6) is 0.133. The average molecular weight is 362 g/mol. The third-order valence-corrected chi connectivity index (χ3v) is 4.25. The average Bonchev–Trinajstić information content (AvgIpc) is 2.66. The summed E-state index contributed by atoms with van der Waals surface area (Å²) in [6.07, 6.45) is -0.430. The molecule has 26 heavy (non-hydrogen) atoms. The van der Waals surface area contributed by atoms with E-state index in [1.54, 1.807) is 16.8 Å². The van der Waals surface area contributed by atoms with Crippen LogP contribution in [0.4, 0.5) is 4.79 Å². The van der Waals surface area contributed by atoms with Crippen molar-refractivity contribution in [2.75, 3.05) is 53.4 Å². The van der Waals surface area contributed by atoms with Gasteiger partial charge in [0.05, 0.1) is 6.54 Å².